The van der Waals surface area contributed by atoms with Crippen LogP contribution >= 0.6 is 11.8 Å². The van der Waals surface area contributed by atoms with Crippen molar-refractivity contribution in [2.24, 2.45) is 5.92 Å². The molecule has 0 aliphatic rings. The fraction of sp³-hybridized carbons (Fsp3) is 0.625. The maximum atomic E-state index is 3.66. The SMILES string of the molecule is CCCNC(CSCC(C)CC)c1ccccc1. The Morgan fingerprint density at radius 2 is 1.83 bits per heavy atom. The number of benzene rings is 1. The monoisotopic (exact) mass is 265 g/mol. The van der Waals surface area contributed by atoms with E-state index in [0.29, 0.717) is 6.04 Å². The summed E-state index contributed by atoms with van der Waals surface area (Å²) in [4.78, 5) is 0. The maximum absolute atomic E-state index is 3.66. The molecule has 2 heteroatoms. The van der Waals surface area contributed by atoms with E-state index in [1.54, 1.807) is 0 Å². The summed E-state index contributed by atoms with van der Waals surface area (Å²) in [6, 6.07) is 11.3. The molecule has 1 N–H and O–H groups in total. The molecule has 0 saturated heterocycles. The largest absolute Gasteiger partial charge is 0.309 e. The van der Waals surface area contributed by atoms with Crippen LogP contribution in [0.15, 0.2) is 30.3 Å². The molecule has 18 heavy (non-hydrogen) atoms. The van der Waals surface area contributed by atoms with E-state index in [2.05, 4.69) is 68.2 Å². The second-order valence-corrected chi connectivity index (χ2v) is 6.04. The molecule has 1 aromatic carbocycles. The Hall–Kier alpha value is -0.470. The smallest absolute Gasteiger partial charge is 0.0411 e. The molecular formula is C16H27NS. The molecule has 0 bridgehead atoms. The van der Waals surface area contributed by atoms with Crippen molar-refractivity contribution in [2.75, 3.05) is 18.1 Å². The molecule has 2 atom stereocenters. The van der Waals surface area contributed by atoms with Crippen molar-refractivity contribution in [1.82, 2.24) is 5.32 Å². The van der Waals surface area contributed by atoms with Crippen LogP contribution in [0.2, 0.25) is 0 Å². The molecule has 2 unspecified atom stereocenters. The van der Waals surface area contributed by atoms with Crippen LogP contribution in [0, 0.1) is 5.92 Å². The van der Waals surface area contributed by atoms with Crippen molar-refractivity contribution in [2.45, 2.75) is 39.7 Å². The van der Waals surface area contributed by atoms with Gasteiger partial charge in [-0.25, -0.2) is 0 Å². The molecule has 102 valence electrons. The molecule has 0 aliphatic carbocycles. The summed E-state index contributed by atoms with van der Waals surface area (Å²) in [5.41, 5.74) is 1.42. The zero-order valence-electron chi connectivity index (χ0n) is 12.0. The van der Waals surface area contributed by atoms with Crippen LogP contribution in [0.4, 0.5) is 0 Å². The highest BCUT2D eigenvalue weighted by Gasteiger charge is 2.10. The maximum Gasteiger partial charge on any atom is 0.0411 e. The van der Waals surface area contributed by atoms with E-state index in [9.17, 15) is 0 Å². The Morgan fingerprint density at radius 3 is 2.44 bits per heavy atom. The highest BCUT2D eigenvalue weighted by atomic mass is 32.2. The van der Waals surface area contributed by atoms with Crippen LogP contribution in [0.5, 0.6) is 0 Å². The standard InChI is InChI=1S/C16H27NS/c1-4-11-17-16(13-18-12-14(3)5-2)15-9-7-6-8-10-15/h6-10,14,16-17H,4-5,11-13H2,1-3H3. The summed E-state index contributed by atoms with van der Waals surface area (Å²) in [6.45, 7) is 7.93. The van der Waals surface area contributed by atoms with Crippen molar-refractivity contribution in [1.29, 1.82) is 0 Å². The van der Waals surface area contributed by atoms with Gasteiger partial charge in [0.2, 0.25) is 0 Å². The molecule has 0 spiro atoms. The number of hydrogen-bond donors (Lipinski definition) is 1. The molecule has 0 aromatic heterocycles. The minimum Gasteiger partial charge on any atom is -0.309 e. The summed E-state index contributed by atoms with van der Waals surface area (Å²) >= 11 is 2.08. The topological polar surface area (TPSA) is 12.0 Å². The van der Waals surface area contributed by atoms with Gasteiger partial charge in [-0.1, -0.05) is 57.5 Å². The van der Waals surface area contributed by atoms with Gasteiger partial charge in [-0.05, 0) is 30.2 Å². The molecule has 0 fully saturated rings. The van der Waals surface area contributed by atoms with Crippen LogP contribution in [0.25, 0.3) is 0 Å². The zero-order chi connectivity index (χ0) is 13.2. The molecule has 0 radical (unpaired) electrons. The molecule has 1 aromatic rings. The van der Waals surface area contributed by atoms with Gasteiger partial charge in [0.15, 0.2) is 0 Å². The van der Waals surface area contributed by atoms with Crippen molar-refractivity contribution < 1.29 is 0 Å². The fourth-order valence-corrected chi connectivity index (χ4v) is 3.10. The Morgan fingerprint density at radius 1 is 1.11 bits per heavy atom. The number of nitrogens with one attached hydrogen (secondary N) is 1. The van der Waals surface area contributed by atoms with E-state index in [0.717, 1.165) is 12.5 Å². The molecule has 1 rings (SSSR count). The first-order valence-electron chi connectivity index (χ1n) is 7.14. The first-order chi connectivity index (χ1) is 8.77. The van der Waals surface area contributed by atoms with Crippen molar-refractivity contribution in [3.05, 3.63) is 35.9 Å². The van der Waals surface area contributed by atoms with Crippen molar-refractivity contribution in [3.63, 3.8) is 0 Å². The normalized spacial score (nSPS) is 14.4. The van der Waals surface area contributed by atoms with Gasteiger partial charge in [0.05, 0.1) is 0 Å². The lowest BCUT2D eigenvalue weighted by Gasteiger charge is -2.19. The molecule has 0 amide bonds. The average Bonchev–Trinajstić information content (AvgIpc) is 2.43. The lowest BCUT2D eigenvalue weighted by molar-refractivity contribution is 0.575. The van der Waals surface area contributed by atoms with Crippen LogP contribution in [0.1, 0.15) is 45.2 Å². The number of rotatable bonds is 9. The third-order valence-corrected chi connectivity index (χ3v) is 4.60. The van der Waals surface area contributed by atoms with Gasteiger partial charge >= 0.3 is 0 Å². The van der Waals surface area contributed by atoms with E-state index in [4.69, 9.17) is 0 Å². The summed E-state index contributed by atoms with van der Waals surface area (Å²) in [6.07, 6.45) is 2.48. The van der Waals surface area contributed by atoms with Crippen LogP contribution in [-0.4, -0.2) is 18.1 Å². The average molecular weight is 265 g/mol. The van der Waals surface area contributed by atoms with Gasteiger partial charge in [0.1, 0.15) is 0 Å². The summed E-state index contributed by atoms with van der Waals surface area (Å²) in [5.74, 6) is 3.28. The fourth-order valence-electron chi connectivity index (χ4n) is 1.78. The summed E-state index contributed by atoms with van der Waals surface area (Å²) in [7, 11) is 0. The van der Waals surface area contributed by atoms with Gasteiger partial charge in [-0.15, -0.1) is 0 Å². The summed E-state index contributed by atoms with van der Waals surface area (Å²) < 4.78 is 0. The highest BCUT2D eigenvalue weighted by molar-refractivity contribution is 7.99. The van der Waals surface area contributed by atoms with E-state index >= 15 is 0 Å². The van der Waals surface area contributed by atoms with Crippen LogP contribution in [-0.2, 0) is 0 Å². The zero-order valence-corrected chi connectivity index (χ0v) is 12.8. The Bertz CT molecular complexity index is 299. The predicted molar refractivity (Wildman–Crippen MR) is 84.3 cm³/mol. The number of hydrogen-bond acceptors (Lipinski definition) is 2. The van der Waals surface area contributed by atoms with Crippen LogP contribution in [0.3, 0.4) is 0 Å². The van der Waals surface area contributed by atoms with Gasteiger partial charge in [0.25, 0.3) is 0 Å². The van der Waals surface area contributed by atoms with E-state index < -0.39 is 0 Å². The van der Waals surface area contributed by atoms with Gasteiger partial charge in [0, 0.05) is 11.8 Å². The number of thioether (sulfide) groups is 1. The Kier molecular flexibility index (Phi) is 8.19. The van der Waals surface area contributed by atoms with Crippen molar-refractivity contribution in [3.8, 4) is 0 Å². The molecule has 0 heterocycles. The molecular weight excluding hydrogens is 238 g/mol. The second kappa shape index (κ2) is 9.46. The molecule has 0 saturated carbocycles. The first kappa shape index (κ1) is 15.6. The lowest BCUT2D eigenvalue weighted by Crippen LogP contribution is -2.24. The quantitative estimate of drug-likeness (QED) is 0.705. The predicted octanol–water partition coefficient (Wildman–Crippen LogP) is 4.51. The van der Waals surface area contributed by atoms with E-state index in [1.165, 1.54) is 29.9 Å². The molecule has 0 aliphatic heterocycles. The third kappa shape index (κ3) is 5.92. The van der Waals surface area contributed by atoms with Crippen LogP contribution < -0.4 is 5.32 Å². The summed E-state index contributed by atoms with van der Waals surface area (Å²) in [5, 5.41) is 3.66. The van der Waals surface area contributed by atoms with Gasteiger partial charge in [-0.2, -0.15) is 11.8 Å². The minimum atomic E-state index is 0.500. The lowest BCUT2D eigenvalue weighted by atomic mass is 10.1. The van der Waals surface area contributed by atoms with Gasteiger partial charge in [-0.3, -0.25) is 0 Å². The van der Waals surface area contributed by atoms with E-state index in [-0.39, 0.29) is 0 Å². The second-order valence-electron chi connectivity index (χ2n) is 4.97. The van der Waals surface area contributed by atoms with Crippen molar-refractivity contribution >= 4 is 11.8 Å². The molecule has 1 nitrogen and oxygen atoms in total. The Balaban J connectivity index is 2.46. The third-order valence-electron chi connectivity index (χ3n) is 3.23. The first-order valence-corrected chi connectivity index (χ1v) is 8.29. The van der Waals surface area contributed by atoms with E-state index in [1.807, 2.05) is 0 Å². The minimum absolute atomic E-state index is 0.500. The highest BCUT2D eigenvalue weighted by Crippen LogP contribution is 2.20. The van der Waals surface area contributed by atoms with Gasteiger partial charge < -0.3 is 5.32 Å². The Labute approximate surface area is 117 Å².